The van der Waals surface area contributed by atoms with Gasteiger partial charge < -0.3 is 10.2 Å². The van der Waals surface area contributed by atoms with E-state index in [-0.39, 0.29) is 17.3 Å². The van der Waals surface area contributed by atoms with Gasteiger partial charge in [-0.2, -0.15) is 0 Å². The van der Waals surface area contributed by atoms with Crippen molar-refractivity contribution in [1.82, 2.24) is 10.2 Å². The van der Waals surface area contributed by atoms with Gasteiger partial charge in [-0.25, -0.2) is 12.8 Å². The minimum Gasteiger partial charge on any atom is -0.354 e. The van der Waals surface area contributed by atoms with E-state index in [9.17, 15) is 22.4 Å². The molecule has 1 atom stereocenters. The Morgan fingerprint density at radius 1 is 1.00 bits per heavy atom. The number of rotatable bonds is 13. The molecule has 3 aromatic carbocycles. The molecule has 0 heterocycles. The highest BCUT2D eigenvalue weighted by Crippen LogP contribution is 2.29. The Morgan fingerprint density at radius 3 is 2.27 bits per heavy atom. The van der Waals surface area contributed by atoms with E-state index in [1.807, 2.05) is 6.92 Å². The molecule has 10 heteroatoms. The van der Waals surface area contributed by atoms with E-state index >= 15 is 0 Å². The first-order chi connectivity index (χ1) is 19.1. The second kappa shape index (κ2) is 14.3. The van der Waals surface area contributed by atoms with Crippen molar-refractivity contribution < 1.29 is 22.4 Å². The summed E-state index contributed by atoms with van der Waals surface area (Å²) >= 11 is 6.14. The third-order valence-corrected chi connectivity index (χ3v) is 8.53. The number of aryl methyl sites for hydroxylation is 1. The summed E-state index contributed by atoms with van der Waals surface area (Å²) in [4.78, 5) is 28.6. The van der Waals surface area contributed by atoms with Crippen molar-refractivity contribution >= 4 is 39.1 Å². The molecule has 3 rings (SSSR count). The SMILES string of the molecule is CCCCNC(=O)[C@H](CC)N(Cc1ccc(F)cc1)C(=O)CN(c1ccc(Cl)cc1C)S(=O)(=O)c1ccccc1. The van der Waals surface area contributed by atoms with Gasteiger partial charge in [-0.05, 0) is 73.4 Å². The molecule has 40 heavy (non-hydrogen) atoms. The summed E-state index contributed by atoms with van der Waals surface area (Å²) in [6.07, 6.45) is 1.98. The number of unbranched alkanes of at least 4 members (excludes halogenated alkanes) is 1. The Balaban J connectivity index is 2.05. The van der Waals surface area contributed by atoms with E-state index in [0.717, 1.165) is 17.1 Å². The van der Waals surface area contributed by atoms with Gasteiger partial charge in [0, 0.05) is 18.1 Å². The van der Waals surface area contributed by atoms with Gasteiger partial charge in [-0.3, -0.25) is 13.9 Å². The average molecular weight is 588 g/mol. The maximum atomic E-state index is 14.0. The van der Waals surface area contributed by atoms with Crippen LogP contribution < -0.4 is 9.62 Å². The van der Waals surface area contributed by atoms with E-state index in [1.54, 1.807) is 62.4 Å². The fraction of sp³-hybridized carbons (Fsp3) is 0.333. The van der Waals surface area contributed by atoms with E-state index in [0.29, 0.717) is 34.8 Å². The number of hydrogen-bond acceptors (Lipinski definition) is 4. The first-order valence-corrected chi connectivity index (χ1v) is 15.1. The normalized spacial score (nSPS) is 12.0. The highest BCUT2D eigenvalue weighted by molar-refractivity contribution is 7.92. The number of nitrogens with one attached hydrogen (secondary N) is 1. The Hall–Kier alpha value is -3.43. The number of anilines is 1. The smallest absolute Gasteiger partial charge is 0.264 e. The standard InChI is InChI=1S/C30H35ClFN3O4S/c1-4-6-18-33-30(37)27(5-2)34(20-23-12-15-25(32)16-13-23)29(36)21-35(28-17-14-24(31)19-22(28)3)40(38,39)26-10-8-7-9-11-26/h7-17,19,27H,4-6,18,20-21H2,1-3H3,(H,33,37)/t27-/m0/s1. The minimum atomic E-state index is -4.17. The molecule has 0 bridgehead atoms. The van der Waals surface area contributed by atoms with E-state index in [1.165, 1.54) is 29.2 Å². The Labute approximate surface area is 241 Å². The highest BCUT2D eigenvalue weighted by atomic mass is 35.5. The van der Waals surface area contributed by atoms with Gasteiger partial charge in [0.1, 0.15) is 18.4 Å². The topological polar surface area (TPSA) is 86.8 Å². The summed E-state index contributed by atoms with van der Waals surface area (Å²) in [6, 6.07) is 17.4. The van der Waals surface area contributed by atoms with Crippen molar-refractivity contribution in [2.75, 3.05) is 17.4 Å². The van der Waals surface area contributed by atoms with Crippen molar-refractivity contribution in [3.63, 3.8) is 0 Å². The van der Waals surface area contributed by atoms with Crippen LogP contribution in [0, 0.1) is 12.7 Å². The van der Waals surface area contributed by atoms with Crippen LogP contribution in [-0.4, -0.2) is 44.3 Å². The Kier molecular flexibility index (Phi) is 11.1. The lowest BCUT2D eigenvalue weighted by Crippen LogP contribution is -2.52. The lowest BCUT2D eigenvalue weighted by Gasteiger charge is -2.33. The third kappa shape index (κ3) is 7.82. The molecule has 0 aliphatic heterocycles. The first-order valence-electron chi connectivity index (χ1n) is 13.2. The molecule has 7 nitrogen and oxygen atoms in total. The van der Waals surface area contributed by atoms with Crippen molar-refractivity contribution in [3.8, 4) is 0 Å². The summed E-state index contributed by atoms with van der Waals surface area (Å²) < 4.78 is 42.4. The zero-order valence-electron chi connectivity index (χ0n) is 22.9. The zero-order chi connectivity index (χ0) is 29.3. The number of sulfonamides is 1. The maximum absolute atomic E-state index is 14.0. The number of hydrogen-bond donors (Lipinski definition) is 1. The van der Waals surface area contributed by atoms with Gasteiger partial charge in [-0.1, -0.05) is 62.2 Å². The lowest BCUT2D eigenvalue weighted by atomic mass is 10.1. The van der Waals surface area contributed by atoms with Gasteiger partial charge in [0.25, 0.3) is 10.0 Å². The maximum Gasteiger partial charge on any atom is 0.264 e. The molecule has 3 aromatic rings. The molecule has 0 aromatic heterocycles. The van der Waals surface area contributed by atoms with Crippen LogP contribution in [0.25, 0.3) is 0 Å². The van der Waals surface area contributed by atoms with Crippen molar-refractivity contribution in [2.24, 2.45) is 0 Å². The second-order valence-electron chi connectivity index (χ2n) is 9.47. The summed E-state index contributed by atoms with van der Waals surface area (Å²) in [7, 11) is -4.17. The van der Waals surface area contributed by atoms with Crippen molar-refractivity contribution in [1.29, 1.82) is 0 Å². The monoisotopic (exact) mass is 587 g/mol. The first kappa shape index (κ1) is 31.1. The molecule has 1 N–H and O–H groups in total. The molecule has 0 aliphatic carbocycles. The Bertz CT molecular complexity index is 1400. The van der Waals surface area contributed by atoms with Crippen LogP contribution in [0.15, 0.2) is 77.7 Å². The van der Waals surface area contributed by atoms with Crippen LogP contribution in [0.3, 0.4) is 0 Å². The number of benzene rings is 3. The fourth-order valence-electron chi connectivity index (χ4n) is 4.34. The van der Waals surface area contributed by atoms with Gasteiger partial charge in [0.2, 0.25) is 11.8 Å². The molecule has 2 amide bonds. The molecule has 214 valence electrons. The van der Waals surface area contributed by atoms with Crippen LogP contribution in [0.4, 0.5) is 10.1 Å². The zero-order valence-corrected chi connectivity index (χ0v) is 24.5. The van der Waals surface area contributed by atoms with Crippen molar-refractivity contribution in [2.45, 2.75) is 57.5 Å². The van der Waals surface area contributed by atoms with Crippen LogP contribution in [0.5, 0.6) is 0 Å². The summed E-state index contributed by atoms with van der Waals surface area (Å²) in [6.45, 7) is 5.41. The van der Waals surface area contributed by atoms with E-state index < -0.39 is 34.3 Å². The van der Waals surface area contributed by atoms with Crippen LogP contribution in [-0.2, 0) is 26.2 Å². The molecule has 0 unspecified atom stereocenters. The average Bonchev–Trinajstić information content (AvgIpc) is 2.93. The van der Waals surface area contributed by atoms with E-state index in [4.69, 9.17) is 11.6 Å². The molecule has 0 spiro atoms. The molecular weight excluding hydrogens is 553 g/mol. The van der Waals surface area contributed by atoms with Gasteiger partial charge in [-0.15, -0.1) is 0 Å². The molecule has 0 saturated carbocycles. The Morgan fingerprint density at radius 2 is 1.68 bits per heavy atom. The highest BCUT2D eigenvalue weighted by Gasteiger charge is 2.34. The van der Waals surface area contributed by atoms with Gasteiger partial charge >= 0.3 is 0 Å². The number of amides is 2. The van der Waals surface area contributed by atoms with E-state index in [2.05, 4.69) is 5.32 Å². The third-order valence-electron chi connectivity index (χ3n) is 6.52. The quantitative estimate of drug-likeness (QED) is 0.260. The largest absolute Gasteiger partial charge is 0.354 e. The summed E-state index contributed by atoms with van der Waals surface area (Å²) in [5.74, 6) is -1.33. The molecule has 0 saturated heterocycles. The van der Waals surface area contributed by atoms with Crippen LogP contribution >= 0.6 is 11.6 Å². The fourth-order valence-corrected chi connectivity index (χ4v) is 6.07. The molecule has 0 radical (unpaired) electrons. The van der Waals surface area contributed by atoms with Gasteiger partial charge in [0.15, 0.2) is 0 Å². The number of carbonyl (C=O) groups excluding carboxylic acids is 2. The van der Waals surface area contributed by atoms with Crippen LogP contribution in [0.2, 0.25) is 5.02 Å². The van der Waals surface area contributed by atoms with Gasteiger partial charge in [0.05, 0.1) is 10.6 Å². The van der Waals surface area contributed by atoms with Crippen molar-refractivity contribution in [3.05, 3.63) is 94.8 Å². The summed E-state index contributed by atoms with van der Waals surface area (Å²) in [5, 5.41) is 3.31. The molecule has 0 fully saturated rings. The van der Waals surface area contributed by atoms with Crippen LogP contribution in [0.1, 0.15) is 44.2 Å². The minimum absolute atomic E-state index is 0.00234. The number of nitrogens with zero attached hydrogens (tertiary/aromatic N) is 2. The lowest BCUT2D eigenvalue weighted by molar-refractivity contribution is -0.140. The number of carbonyl (C=O) groups is 2. The second-order valence-corrected chi connectivity index (χ2v) is 11.8. The molecule has 0 aliphatic rings. The number of halogens is 2. The summed E-state index contributed by atoms with van der Waals surface area (Å²) in [5.41, 5.74) is 1.47. The molecular formula is C30H35ClFN3O4S. The predicted molar refractivity (Wildman–Crippen MR) is 156 cm³/mol. The predicted octanol–water partition coefficient (Wildman–Crippen LogP) is 5.71.